The molecule has 42 heavy (non-hydrogen) atoms. The van der Waals surface area contributed by atoms with Gasteiger partial charge in [0.05, 0.1) is 11.9 Å². The van der Waals surface area contributed by atoms with E-state index in [0.29, 0.717) is 38.4 Å². The molecule has 0 bridgehead atoms. The number of nitrogens with zero attached hydrogens (tertiary/aromatic N) is 2. The van der Waals surface area contributed by atoms with E-state index in [1.54, 1.807) is 43.3 Å². The van der Waals surface area contributed by atoms with E-state index in [2.05, 4.69) is 5.32 Å². The molecule has 0 aromatic heterocycles. The van der Waals surface area contributed by atoms with Crippen LogP contribution in [-0.4, -0.2) is 50.5 Å². The summed E-state index contributed by atoms with van der Waals surface area (Å²) in [5.41, 5.74) is 2.50. The molecule has 0 spiro atoms. The van der Waals surface area contributed by atoms with Crippen LogP contribution in [-0.2, 0) is 32.6 Å². The van der Waals surface area contributed by atoms with Gasteiger partial charge in [-0.3, -0.25) is 13.9 Å². The molecule has 0 saturated carbocycles. The average molecular weight is 653 g/mol. The summed E-state index contributed by atoms with van der Waals surface area (Å²) < 4.78 is 26.7. The number of nitrogens with one attached hydrogen (secondary N) is 1. The summed E-state index contributed by atoms with van der Waals surface area (Å²) in [4.78, 5) is 28.9. The van der Waals surface area contributed by atoms with Gasteiger partial charge in [0.2, 0.25) is 21.8 Å². The first-order valence-electron chi connectivity index (χ1n) is 13.7. The molecule has 0 saturated heterocycles. The topological polar surface area (TPSA) is 86.8 Å². The Labute approximate surface area is 263 Å². The minimum Gasteiger partial charge on any atom is -0.354 e. The molecule has 0 aliphatic heterocycles. The Kier molecular flexibility index (Phi) is 12.5. The fourth-order valence-electron chi connectivity index (χ4n) is 4.62. The second-order valence-electron chi connectivity index (χ2n) is 10.0. The Morgan fingerprint density at radius 1 is 0.905 bits per heavy atom. The van der Waals surface area contributed by atoms with E-state index in [4.69, 9.17) is 34.8 Å². The Balaban J connectivity index is 1.93. The largest absolute Gasteiger partial charge is 0.354 e. The van der Waals surface area contributed by atoms with Crippen LogP contribution >= 0.6 is 34.8 Å². The van der Waals surface area contributed by atoms with Gasteiger partial charge < -0.3 is 10.2 Å². The molecule has 2 amide bonds. The number of carbonyl (C=O) groups excluding carboxylic acids is 2. The Bertz CT molecular complexity index is 1470. The van der Waals surface area contributed by atoms with Crippen LogP contribution < -0.4 is 9.62 Å². The molecule has 1 unspecified atom stereocenters. The van der Waals surface area contributed by atoms with Gasteiger partial charge in [0.25, 0.3) is 0 Å². The Morgan fingerprint density at radius 3 is 2.14 bits per heavy atom. The second kappa shape index (κ2) is 15.6. The van der Waals surface area contributed by atoms with Crippen molar-refractivity contribution in [3.63, 3.8) is 0 Å². The lowest BCUT2D eigenvalue weighted by Crippen LogP contribution is -2.50. The predicted octanol–water partition coefficient (Wildman–Crippen LogP) is 6.67. The molecule has 0 fully saturated rings. The van der Waals surface area contributed by atoms with E-state index < -0.39 is 16.1 Å². The van der Waals surface area contributed by atoms with Crippen molar-refractivity contribution >= 4 is 62.3 Å². The van der Waals surface area contributed by atoms with Crippen molar-refractivity contribution in [3.8, 4) is 0 Å². The van der Waals surface area contributed by atoms with Gasteiger partial charge in [0.15, 0.2) is 0 Å². The molecule has 0 heterocycles. The summed E-state index contributed by atoms with van der Waals surface area (Å²) in [6, 6.07) is 18.8. The van der Waals surface area contributed by atoms with E-state index in [1.165, 1.54) is 9.21 Å². The molecule has 0 radical (unpaired) electrons. The standard InChI is InChI=1S/C31H36Cl3N3O4S/c1-4-18-35-31(39)29(20-23-11-6-5-7-12-23)36(21-24-26(33)14-8-15-27(24)34)30(38)17-10-19-37(42(3,40)41)28-16-9-13-25(32)22(28)2/h5-9,11-16,29H,4,10,17-21H2,1-3H3,(H,35,39). The quantitative estimate of drug-likeness (QED) is 0.211. The molecule has 1 N–H and O–H groups in total. The molecule has 7 nitrogen and oxygen atoms in total. The number of halogens is 3. The summed E-state index contributed by atoms with van der Waals surface area (Å²) in [6.07, 6.45) is 2.33. The van der Waals surface area contributed by atoms with Gasteiger partial charge in [0.1, 0.15) is 6.04 Å². The first-order chi connectivity index (χ1) is 19.9. The summed E-state index contributed by atoms with van der Waals surface area (Å²) >= 11 is 19.2. The number of hydrogen-bond donors (Lipinski definition) is 1. The van der Waals surface area contributed by atoms with Crippen molar-refractivity contribution in [2.24, 2.45) is 0 Å². The van der Waals surface area contributed by atoms with Crippen LogP contribution in [0.4, 0.5) is 5.69 Å². The summed E-state index contributed by atoms with van der Waals surface area (Å²) in [6.45, 7) is 4.23. The van der Waals surface area contributed by atoms with E-state index in [1.807, 2.05) is 37.3 Å². The summed E-state index contributed by atoms with van der Waals surface area (Å²) in [7, 11) is -3.67. The van der Waals surface area contributed by atoms with Crippen molar-refractivity contribution in [3.05, 3.63) is 98.5 Å². The molecule has 226 valence electrons. The molecule has 3 rings (SSSR count). The van der Waals surface area contributed by atoms with Crippen molar-refractivity contribution in [1.82, 2.24) is 10.2 Å². The van der Waals surface area contributed by atoms with Crippen LogP contribution in [0.3, 0.4) is 0 Å². The molecule has 3 aromatic carbocycles. The van der Waals surface area contributed by atoms with Crippen molar-refractivity contribution in [2.45, 2.75) is 52.1 Å². The maximum Gasteiger partial charge on any atom is 0.243 e. The number of sulfonamides is 1. The van der Waals surface area contributed by atoms with E-state index in [-0.39, 0.29) is 44.2 Å². The SMILES string of the molecule is CCCNC(=O)C(Cc1ccccc1)N(Cc1c(Cl)cccc1Cl)C(=O)CCCN(c1cccc(Cl)c1C)S(C)(=O)=O. The minimum atomic E-state index is -3.67. The van der Waals surface area contributed by atoms with Crippen LogP contribution in [0.15, 0.2) is 66.7 Å². The normalized spacial score (nSPS) is 12.0. The fourth-order valence-corrected chi connectivity index (χ4v) is 6.32. The fraction of sp³-hybridized carbons (Fsp3) is 0.355. The zero-order chi connectivity index (χ0) is 30.9. The highest BCUT2D eigenvalue weighted by Crippen LogP contribution is 2.30. The molecule has 3 aromatic rings. The zero-order valence-corrected chi connectivity index (χ0v) is 27.0. The van der Waals surface area contributed by atoms with Crippen LogP contribution in [0.2, 0.25) is 15.1 Å². The van der Waals surface area contributed by atoms with Crippen LogP contribution in [0.5, 0.6) is 0 Å². The summed E-state index contributed by atoms with van der Waals surface area (Å²) in [5.74, 6) is -0.612. The number of amides is 2. The molecular formula is C31H36Cl3N3O4S. The highest BCUT2D eigenvalue weighted by Gasteiger charge is 2.31. The van der Waals surface area contributed by atoms with Gasteiger partial charge in [-0.2, -0.15) is 0 Å². The van der Waals surface area contributed by atoms with Crippen LogP contribution in [0.1, 0.15) is 42.9 Å². The third kappa shape index (κ3) is 9.11. The average Bonchev–Trinajstić information content (AvgIpc) is 2.94. The number of carbonyl (C=O) groups is 2. The smallest absolute Gasteiger partial charge is 0.243 e. The first kappa shape index (κ1) is 33.7. The maximum absolute atomic E-state index is 13.9. The summed E-state index contributed by atoms with van der Waals surface area (Å²) in [5, 5.41) is 4.14. The molecule has 1 atom stereocenters. The lowest BCUT2D eigenvalue weighted by molar-refractivity contribution is -0.141. The highest BCUT2D eigenvalue weighted by molar-refractivity contribution is 7.92. The molecule has 0 aliphatic rings. The number of hydrogen-bond acceptors (Lipinski definition) is 4. The third-order valence-corrected chi connectivity index (χ3v) is 9.17. The predicted molar refractivity (Wildman–Crippen MR) is 172 cm³/mol. The Hall–Kier alpha value is -2.78. The number of rotatable bonds is 14. The number of anilines is 1. The molecule has 0 aliphatic carbocycles. The van der Waals surface area contributed by atoms with Crippen molar-refractivity contribution in [1.29, 1.82) is 0 Å². The number of benzene rings is 3. The highest BCUT2D eigenvalue weighted by atomic mass is 35.5. The maximum atomic E-state index is 13.9. The minimum absolute atomic E-state index is 0.0115. The lowest BCUT2D eigenvalue weighted by atomic mass is 10.0. The van der Waals surface area contributed by atoms with Crippen molar-refractivity contribution in [2.75, 3.05) is 23.7 Å². The van der Waals surface area contributed by atoms with Crippen LogP contribution in [0, 0.1) is 6.92 Å². The van der Waals surface area contributed by atoms with Gasteiger partial charge in [-0.15, -0.1) is 0 Å². The monoisotopic (exact) mass is 651 g/mol. The van der Waals surface area contributed by atoms with Gasteiger partial charge in [0, 0.05) is 53.1 Å². The van der Waals surface area contributed by atoms with Crippen molar-refractivity contribution < 1.29 is 18.0 Å². The third-order valence-electron chi connectivity index (χ3n) is 6.87. The second-order valence-corrected chi connectivity index (χ2v) is 13.2. The van der Waals surface area contributed by atoms with E-state index in [0.717, 1.165) is 18.2 Å². The van der Waals surface area contributed by atoms with Gasteiger partial charge in [-0.1, -0.05) is 84.2 Å². The van der Waals surface area contributed by atoms with Crippen LogP contribution in [0.25, 0.3) is 0 Å². The Morgan fingerprint density at radius 2 is 1.52 bits per heavy atom. The molecule has 11 heteroatoms. The lowest BCUT2D eigenvalue weighted by Gasteiger charge is -2.32. The zero-order valence-electron chi connectivity index (χ0n) is 23.9. The van der Waals surface area contributed by atoms with Gasteiger partial charge in [-0.25, -0.2) is 8.42 Å². The van der Waals surface area contributed by atoms with Gasteiger partial charge in [-0.05, 0) is 55.2 Å². The van der Waals surface area contributed by atoms with E-state index >= 15 is 0 Å². The van der Waals surface area contributed by atoms with E-state index in [9.17, 15) is 18.0 Å². The molecular weight excluding hydrogens is 617 g/mol. The first-order valence-corrected chi connectivity index (χ1v) is 16.7. The van der Waals surface area contributed by atoms with Gasteiger partial charge >= 0.3 is 0 Å².